The van der Waals surface area contributed by atoms with Crippen LogP contribution in [0.5, 0.6) is 0 Å². The number of hydrogen-bond donors (Lipinski definition) is 1. The first-order valence-corrected chi connectivity index (χ1v) is 12.0. The van der Waals surface area contributed by atoms with Crippen LogP contribution in [0, 0.1) is 23.2 Å². The second kappa shape index (κ2) is 8.90. The fourth-order valence-corrected chi connectivity index (χ4v) is 6.67. The van der Waals surface area contributed by atoms with Gasteiger partial charge in [0.05, 0.1) is 5.60 Å². The zero-order valence-electron chi connectivity index (χ0n) is 19.0. The number of aliphatic hydroxyl groups is 1. The molecule has 3 aliphatic rings. The third kappa shape index (κ3) is 5.02. The Morgan fingerprint density at radius 3 is 2.61 bits per heavy atom. The van der Waals surface area contributed by atoms with Gasteiger partial charge in [-0.3, -0.25) is 0 Å². The molecule has 3 fully saturated rings. The lowest BCUT2D eigenvalue weighted by Crippen LogP contribution is -2.36. The maximum atomic E-state index is 10.0. The first-order chi connectivity index (χ1) is 13.2. The lowest BCUT2D eigenvalue weighted by atomic mass is 9.60. The van der Waals surface area contributed by atoms with Crippen LogP contribution in [-0.2, 0) is 0 Å². The summed E-state index contributed by atoms with van der Waals surface area (Å²) in [6, 6.07) is 0. The molecule has 0 bridgehead atoms. The fourth-order valence-electron chi connectivity index (χ4n) is 6.67. The van der Waals surface area contributed by atoms with Gasteiger partial charge in [0.2, 0.25) is 0 Å². The molecule has 3 saturated carbocycles. The number of rotatable bonds is 6. The van der Waals surface area contributed by atoms with E-state index in [0.29, 0.717) is 5.41 Å². The highest BCUT2D eigenvalue weighted by molar-refractivity contribution is 5.35. The summed E-state index contributed by atoms with van der Waals surface area (Å²) >= 11 is 0. The standard InChI is InChI=1S/C27H44O/c1-20-10-6-7-12-22(20)14-15-23-13-9-19-27(5)24(16-17-25(23)27)21(2)11-8-18-26(3,4)28/h14-15,21,24-25,28H,1,6-13,16-19H2,2-5H3/b22-14-,23-15+/t21-,24?,25?,27?/m1/s1. The molecule has 28 heavy (non-hydrogen) atoms. The Morgan fingerprint density at radius 2 is 1.89 bits per heavy atom. The van der Waals surface area contributed by atoms with Crippen molar-refractivity contribution in [2.24, 2.45) is 23.2 Å². The molecular weight excluding hydrogens is 340 g/mol. The van der Waals surface area contributed by atoms with Crippen LogP contribution in [0.3, 0.4) is 0 Å². The summed E-state index contributed by atoms with van der Waals surface area (Å²) in [7, 11) is 0. The van der Waals surface area contributed by atoms with Crippen molar-refractivity contribution in [3.8, 4) is 0 Å². The predicted molar refractivity (Wildman–Crippen MR) is 121 cm³/mol. The third-order valence-electron chi connectivity index (χ3n) is 8.30. The van der Waals surface area contributed by atoms with Gasteiger partial charge < -0.3 is 5.11 Å². The summed E-state index contributed by atoms with van der Waals surface area (Å²) < 4.78 is 0. The monoisotopic (exact) mass is 384 g/mol. The van der Waals surface area contributed by atoms with E-state index in [9.17, 15) is 5.11 Å². The third-order valence-corrected chi connectivity index (χ3v) is 8.30. The van der Waals surface area contributed by atoms with Crippen molar-refractivity contribution in [3.63, 3.8) is 0 Å². The molecule has 1 N–H and O–H groups in total. The minimum absolute atomic E-state index is 0.486. The van der Waals surface area contributed by atoms with E-state index in [1.54, 1.807) is 5.57 Å². The van der Waals surface area contributed by atoms with Gasteiger partial charge in [-0.2, -0.15) is 0 Å². The molecule has 0 amide bonds. The normalized spacial score (nSPS) is 35.4. The smallest absolute Gasteiger partial charge is 0.0591 e. The molecule has 0 radical (unpaired) electrons. The van der Waals surface area contributed by atoms with Gasteiger partial charge in [0.25, 0.3) is 0 Å². The summed E-state index contributed by atoms with van der Waals surface area (Å²) in [6.45, 7) is 13.3. The first-order valence-electron chi connectivity index (χ1n) is 12.0. The molecular formula is C27H44O. The van der Waals surface area contributed by atoms with Crippen molar-refractivity contribution in [2.75, 3.05) is 0 Å². The van der Waals surface area contributed by atoms with Crippen molar-refractivity contribution < 1.29 is 5.11 Å². The molecule has 0 aromatic rings. The molecule has 3 aliphatic carbocycles. The zero-order valence-corrected chi connectivity index (χ0v) is 19.0. The lowest BCUT2D eigenvalue weighted by molar-refractivity contribution is 0.0597. The van der Waals surface area contributed by atoms with E-state index in [1.165, 1.54) is 75.4 Å². The fraction of sp³-hybridized carbons (Fsp3) is 0.778. The summed E-state index contributed by atoms with van der Waals surface area (Å²) in [5, 5.41) is 10.0. The Kier molecular flexibility index (Phi) is 6.96. The molecule has 0 saturated heterocycles. The second-order valence-corrected chi connectivity index (χ2v) is 11.0. The van der Waals surface area contributed by atoms with Crippen LogP contribution >= 0.6 is 0 Å². The van der Waals surface area contributed by atoms with Gasteiger partial charge in [-0.25, -0.2) is 0 Å². The summed E-state index contributed by atoms with van der Waals surface area (Å²) in [4.78, 5) is 0. The highest BCUT2D eigenvalue weighted by Crippen LogP contribution is 2.59. The van der Waals surface area contributed by atoms with Crippen molar-refractivity contribution >= 4 is 0 Å². The second-order valence-electron chi connectivity index (χ2n) is 11.0. The largest absolute Gasteiger partial charge is 0.390 e. The van der Waals surface area contributed by atoms with Gasteiger partial charge in [-0.05, 0) is 107 Å². The predicted octanol–water partition coefficient (Wildman–Crippen LogP) is 7.76. The molecule has 3 rings (SSSR count). The van der Waals surface area contributed by atoms with Crippen LogP contribution in [0.1, 0.15) is 105 Å². The molecule has 0 aromatic carbocycles. The summed E-state index contributed by atoms with van der Waals surface area (Å²) in [5.74, 6) is 2.41. The molecule has 158 valence electrons. The average Bonchev–Trinajstić information content (AvgIpc) is 2.97. The lowest BCUT2D eigenvalue weighted by Gasteiger charge is -2.44. The van der Waals surface area contributed by atoms with Crippen LogP contribution in [0.4, 0.5) is 0 Å². The molecule has 0 aliphatic heterocycles. The number of fused-ring (bicyclic) bond motifs is 1. The van der Waals surface area contributed by atoms with Crippen LogP contribution < -0.4 is 0 Å². The van der Waals surface area contributed by atoms with Gasteiger partial charge in [0, 0.05) is 0 Å². The Morgan fingerprint density at radius 1 is 1.14 bits per heavy atom. The molecule has 4 atom stereocenters. The van der Waals surface area contributed by atoms with Crippen molar-refractivity contribution in [1.82, 2.24) is 0 Å². The Hall–Kier alpha value is -0.820. The van der Waals surface area contributed by atoms with E-state index >= 15 is 0 Å². The number of allylic oxidation sites excluding steroid dienone is 5. The van der Waals surface area contributed by atoms with Gasteiger partial charge in [-0.15, -0.1) is 0 Å². The highest BCUT2D eigenvalue weighted by Gasteiger charge is 2.50. The van der Waals surface area contributed by atoms with Crippen molar-refractivity contribution in [2.45, 2.75) is 110 Å². The summed E-state index contributed by atoms with van der Waals surface area (Å²) in [6.07, 6.45) is 20.2. The molecule has 1 nitrogen and oxygen atoms in total. The Bertz CT molecular complexity index is 617. The van der Waals surface area contributed by atoms with Crippen LogP contribution in [0.15, 0.2) is 35.5 Å². The molecule has 0 heterocycles. The minimum Gasteiger partial charge on any atom is -0.390 e. The van der Waals surface area contributed by atoms with E-state index in [1.807, 2.05) is 13.8 Å². The molecule has 1 heteroatoms. The summed E-state index contributed by atoms with van der Waals surface area (Å²) in [5.41, 5.74) is 4.59. The van der Waals surface area contributed by atoms with E-state index in [4.69, 9.17) is 0 Å². The van der Waals surface area contributed by atoms with Crippen LogP contribution in [0.2, 0.25) is 0 Å². The Balaban J connectivity index is 1.67. The number of hydrogen-bond acceptors (Lipinski definition) is 1. The quantitative estimate of drug-likeness (QED) is 0.496. The topological polar surface area (TPSA) is 20.2 Å². The van der Waals surface area contributed by atoms with Crippen molar-refractivity contribution in [3.05, 3.63) is 35.5 Å². The maximum absolute atomic E-state index is 10.0. The van der Waals surface area contributed by atoms with Gasteiger partial charge in [0.15, 0.2) is 0 Å². The van der Waals surface area contributed by atoms with Crippen LogP contribution in [0.25, 0.3) is 0 Å². The Labute approximate surface area is 174 Å². The molecule has 0 aromatic heterocycles. The van der Waals surface area contributed by atoms with Gasteiger partial charge >= 0.3 is 0 Å². The zero-order chi connectivity index (χ0) is 20.4. The molecule has 0 spiro atoms. The highest BCUT2D eigenvalue weighted by atomic mass is 16.3. The average molecular weight is 385 g/mol. The van der Waals surface area contributed by atoms with Gasteiger partial charge in [-0.1, -0.05) is 56.6 Å². The minimum atomic E-state index is -0.515. The van der Waals surface area contributed by atoms with Gasteiger partial charge in [0.1, 0.15) is 0 Å². The first kappa shape index (κ1) is 21.9. The van der Waals surface area contributed by atoms with E-state index < -0.39 is 5.60 Å². The SMILES string of the molecule is C=C1CCCC/C1=C/C=C1\CCCC2(C)C1CCC2[C@H](C)CCCC(C)(C)O. The van der Waals surface area contributed by atoms with E-state index in [-0.39, 0.29) is 0 Å². The van der Waals surface area contributed by atoms with Crippen molar-refractivity contribution in [1.29, 1.82) is 0 Å². The maximum Gasteiger partial charge on any atom is 0.0591 e. The van der Waals surface area contributed by atoms with Crippen LogP contribution in [-0.4, -0.2) is 10.7 Å². The van der Waals surface area contributed by atoms with E-state index in [2.05, 4.69) is 32.6 Å². The van der Waals surface area contributed by atoms with E-state index in [0.717, 1.165) is 30.6 Å². The molecule has 3 unspecified atom stereocenters.